The van der Waals surface area contributed by atoms with Gasteiger partial charge in [-0.2, -0.15) is 0 Å². The van der Waals surface area contributed by atoms with Crippen LogP contribution in [0.4, 0.5) is 0 Å². The number of benzene rings is 1. The second-order valence-corrected chi connectivity index (χ2v) is 8.72. The van der Waals surface area contributed by atoms with Crippen molar-refractivity contribution in [3.63, 3.8) is 0 Å². The number of amides is 1. The molecule has 2 aliphatic heterocycles. The molecule has 2 heterocycles. The molecule has 2 unspecified atom stereocenters. The van der Waals surface area contributed by atoms with Crippen LogP contribution in [0.15, 0.2) is 18.2 Å². The van der Waals surface area contributed by atoms with Crippen molar-refractivity contribution in [3.05, 3.63) is 29.3 Å². The number of carbonyl (C=O) groups excluding carboxylic acids is 1. The van der Waals surface area contributed by atoms with Gasteiger partial charge in [-0.25, -0.2) is 0 Å². The lowest BCUT2D eigenvalue weighted by Crippen LogP contribution is -2.48. The third-order valence-electron chi connectivity index (χ3n) is 7.03. The molecule has 0 bridgehead atoms. The van der Waals surface area contributed by atoms with Gasteiger partial charge in [-0.3, -0.25) is 4.79 Å². The van der Waals surface area contributed by atoms with Crippen LogP contribution >= 0.6 is 12.4 Å². The highest BCUT2D eigenvalue weighted by Crippen LogP contribution is 2.36. The molecule has 1 N–H and O–H groups in total. The Labute approximate surface area is 175 Å². The van der Waals surface area contributed by atoms with E-state index in [0.29, 0.717) is 30.2 Å². The van der Waals surface area contributed by atoms with Crippen molar-refractivity contribution in [2.75, 3.05) is 20.2 Å². The summed E-state index contributed by atoms with van der Waals surface area (Å²) in [6.07, 6.45) is 10.6. The lowest BCUT2D eigenvalue weighted by molar-refractivity contribution is -0.136. The highest BCUT2D eigenvalue weighted by atomic mass is 35.5. The molecule has 0 spiro atoms. The highest BCUT2D eigenvalue weighted by Gasteiger charge is 2.35. The van der Waals surface area contributed by atoms with Gasteiger partial charge in [0.1, 0.15) is 5.75 Å². The summed E-state index contributed by atoms with van der Waals surface area (Å²) in [5.74, 6) is 2.62. The van der Waals surface area contributed by atoms with E-state index in [1.807, 2.05) is 0 Å². The van der Waals surface area contributed by atoms with Crippen LogP contribution in [0.3, 0.4) is 0 Å². The van der Waals surface area contributed by atoms with Crippen LogP contribution in [-0.2, 0) is 17.8 Å². The zero-order valence-corrected chi connectivity index (χ0v) is 17.9. The second kappa shape index (κ2) is 9.98. The Morgan fingerprint density at radius 1 is 1.18 bits per heavy atom. The van der Waals surface area contributed by atoms with E-state index in [0.717, 1.165) is 38.2 Å². The van der Waals surface area contributed by atoms with Gasteiger partial charge in [0.05, 0.1) is 7.11 Å². The maximum Gasteiger partial charge on any atom is 0.223 e. The van der Waals surface area contributed by atoms with Crippen molar-refractivity contribution < 1.29 is 9.53 Å². The van der Waals surface area contributed by atoms with Gasteiger partial charge in [0, 0.05) is 19.0 Å². The Kier molecular flexibility index (Phi) is 7.64. The molecule has 156 valence electrons. The van der Waals surface area contributed by atoms with Gasteiger partial charge in [-0.1, -0.05) is 25.3 Å². The molecule has 0 aromatic heterocycles. The average Bonchev–Trinajstić information content (AvgIpc) is 3.25. The summed E-state index contributed by atoms with van der Waals surface area (Å²) in [4.78, 5) is 15.5. The fourth-order valence-electron chi connectivity index (χ4n) is 5.36. The molecule has 1 saturated heterocycles. The number of rotatable bonds is 5. The molecule has 2 fully saturated rings. The summed E-state index contributed by atoms with van der Waals surface area (Å²) in [6, 6.07) is 6.81. The van der Waals surface area contributed by atoms with Gasteiger partial charge in [-0.15, -0.1) is 12.4 Å². The van der Waals surface area contributed by atoms with Gasteiger partial charge < -0.3 is 15.0 Å². The molecule has 0 radical (unpaired) electrons. The summed E-state index contributed by atoms with van der Waals surface area (Å²) in [5.41, 5.74) is 2.69. The van der Waals surface area contributed by atoms with E-state index in [4.69, 9.17) is 4.74 Å². The maximum atomic E-state index is 13.2. The second-order valence-electron chi connectivity index (χ2n) is 8.72. The van der Waals surface area contributed by atoms with Crippen molar-refractivity contribution in [2.24, 2.45) is 11.8 Å². The van der Waals surface area contributed by atoms with Crippen molar-refractivity contribution in [3.8, 4) is 5.75 Å². The largest absolute Gasteiger partial charge is 0.497 e. The number of fused-ring (bicyclic) bond motifs is 1. The Morgan fingerprint density at radius 2 is 2.00 bits per heavy atom. The molecule has 3 aliphatic rings. The molecule has 1 amide bonds. The number of nitrogens with zero attached hydrogens (tertiary/aromatic N) is 1. The number of hydrogen-bond acceptors (Lipinski definition) is 3. The highest BCUT2D eigenvalue weighted by molar-refractivity contribution is 5.85. The molecule has 1 aromatic rings. The van der Waals surface area contributed by atoms with E-state index in [-0.39, 0.29) is 12.4 Å². The van der Waals surface area contributed by atoms with Gasteiger partial charge in [0.25, 0.3) is 0 Å². The lowest BCUT2D eigenvalue weighted by atomic mass is 9.78. The van der Waals surface area contributed by atoms with Crippen LogP contribution in [0.1, 0.15) is 62.5 Å². The monoisotopic (exact) mass is 406 g/mol. The van der Waals surface area contributed by atoms with Crippen LogP contribution in [0.2, 0.25) is 0 Å². The molecule has 2 atom stereocenters. The van der Waals surface area contributed by atoms with Crippen LogP contribution in [0.25, 0.3) is 0 Å². The standard InChI is InChI=1S/C23H34N2O2.ClH/c1-27-21-9-8-19-14-22(18-5-3-2-4-6-18)25(16-20(19)13-21)23(26)10-7-17-11-12-24-15-17;/h8-9,13,17-18,22,24H,2-7,10-12,14-16H2,1H3;1H. The van der Waals surface area contributed by atoms with E-state index >= 15 is 0 Å². The van der Waals surface area contributed by atoms with Crippen LogP contribution in [0, 0.1) is 11.8 Å². The molecule has 1 aromatic carbocycles. The first-order valence-corrected chi connectivity index (χ1v) is 10.9. The third kappa shape index (κ3) is 4.83. The zero-order chi connectivity index (χ0) is 18.6. The van der Waals surface area contributed by atoms with Gasteiger partial charge in [0.15, 0.2) is 0 Å². The molecule has 4 rings (SSSR count). The van der Waals surface area contributed by atoms with E-state index in [1.54, 1.807) is 7.11 Å². The van der Waals surface area contributed by atoms with E-state index in [1.165, 1.54) is 49.7 Å². The van der Waals surface area contributed by atoms with Crippen LogP contribution in [-0.4, -0.2) is 37.0 Å². The number of hydrogen-bond donors (Lipinski definition) is 1. The summed E-state index contributed by atoms with van der Waals surface area (Å²) in [5, 5.41) is 3.42. The van der Waals surface area contributed by atoms with Crippen molar-refractivity contribution in [1.29, 1.82) is 0 Å². The topological polar surface area (TPSA) is 41.6 Å². The minimum Gasteiger partial charge on any atom is -0.497 e. The SMILES string of the molecule is COc1ccc2c(c1)CN(C(=O)CCC1CCNC1)C(C1CCCCC1)C2.Cl. The fraction of sp³-hybridized carbons (Fsp3) is 0.696. The molecular formula is C23H35ClN2O2. The Bertz CT molecular complexity index is 654. The summed E-state index contributed by atoms with van der Waals surface area (Å²) in [6.45, 7) is 2.95. The van der Waals surface area contributed by atoms with Crippen LogP contribution in [0.5, 0.6) is 5.75 Å². The number of methoxy groups -OCH3 is 1. The molecule has 5 heteroatoms. The lowest BCUT2D eigenvalue weighted by Gasteiger charge is -2.43. The molecular weight excluding hydrogens is 372 g/mol. The zero-order valence-electron chi connectivity index (χ0n) is 17.1. The summed E-state index contributed by atoms with van der Waals surface area (Å²) < 4.78 is 5.42. The van der Waals surface area contributed by atoms with E-state index in [9.17, 15) is 4.79 Å². The number of ether oxygens (including phenoxy) is 1. The Morgan fingerprint density at radius 3 is 2.71 bits per heavy atom. The maximum absolute atomic E-state index is 13.2. The number of carbonyl (C=O) groups is 1. The van der Waals surface area contributed by atoms with Gasteiger partial charge in [0.2, 0.25) is 5.91 Å². The number of halogens is 1. The van der Waals surface area contributed by atoms with Crippen molar-refractivity contribution >= 4 is 18.3 Å². The quantitative estimate of drug-likeness (QED) is 0.790. The summed E-state index contributed by atoms with van der Waals surface area (Å²) >= 11 is 0. The van der Waals surface area contributed by atoms with Crippen molar-refractivity contribution in [2.45, 2.75) is 70.4 Å². The number of nitrogens with one attached hydrogen (secondary N) is 1. The first-order chi connectivity index (χ1) is 13.2. The Hall–Kier alpha value is -1.26. The van der Waals surface area contributed by atoms with E-state index < -0.39 is 0 Å². The fourth-order valence-corrected chi connectivity index (χ4v) is 5.36. The predicted molar refractivity (Wildman–Crippen MR) is 115 cm³/mol. The third-order valence-corrected chi connectivity index (χ3v) is 7.03. The van der Waals surface area contributed by atoms with E-state index in [2.05, 4.69) is 28.4 Å². The smallest absolute Gasteiger partial charge is 0.223 e. The van der Waals surface area contributed by atoms with Gasteiger partial charge >= 0.3 is 0 Å². The minimum absolute atomic E-state index is 0. The molecule has 28 heavy (non-hydrogen) atoms. The first kappa shape index (κ1) is 21.4. The van der Waals surface area contributed by atoms with Gasteiger partial charge in [-0.05, 0) is 80.3 Å². The predicted octanol–water partition coefficient (Wildman–Crippen LogP) is 4.34. The van der Waals surface area contributed by atoms with Crippen LogP contribution < -0.4 is 10.1 Å². The summed E-state index contributed by atoms with van der Waals surface area (Å²) in [7, 11) is 1.72. The first-order valence-electron chi connectivity index (χ1n) is 10.9. The molecule has 1 aliphatic carbocycles. The molecule has 4 nitrogen and oxygen atoms in total. The molecule has 1 saturated carbocycles. The average molecular weight is 407 g/mol. The Balaban J connectivity index is 0.00000225. The minimum atomic E-state index is 0. The normalized spacial score (nSPS) is 25.1. The van der Waals surface area contributed by atoms with Crippen molar-refractivity contribution in [1.82, 2.24) is 10.2 Å².